The maximum absolute atomic E-state index is 9.33. The van der Waals surface area contributed by atoms with Gasteiger partial charge in [-0.05, 0) is 31.2 Å². The highest BCUT2D eigenvalue weighted by Crippen LogP contribution is 2.20. The number of aromatic hydroxyl groups is 2. The zero-order chi connectivity index (χ0) is 13.7. The molecule has 100 valence electrons. The lowest BCUT2D eigenvalue weighted by Crippen LogP contribution is -2.20. The van der Waals surface area contributed by atoms with Crippen LogP contribution in [-0.2, 0) is 0 Å². The maximum atomic E-state index is 9.33. The van der Waals surface area contributed by atoms with Gasteiger partial charge in [-0.3, -0.25) is 0 Å². The maximum Gasteiger partial charge on any atom is 0.130 e. The molecule has 2 rings (SSSR count). The molecule has 1 atom stereocenters. The lowest BCUT2D eigenvalue weighted by atomic mass is 10.3. The van der Waals surface area contributed by atoms with Crippen molar-refractivity contribution in [3.63, 3.8) is 0 Å². The second-order valence-electron chi connectivity index (χ2n) is 4.23. The molecule has 0 aliphatic rings. The van der Waals surface area contributed by atoms with Crippen molar-refractivity contribution >= 4 is 0 Å². The van der Waals surface area contributed by atoms with Gasteiger partial charge in [0.2, 0.25) is 0 Å². The summed E-state index contributed by atoms with van der Waals surface area (Å²) in [5.41, 5.74) is 0. The number of hydrogen-bond donors (Lipinski definition) is 2. The Hall–Kier alpha value is -2.36. The van der Waals surface area contributed by atoms with E-state index >= 15 is 0 Å². The summed E-state index contributed by atoms with van der Waals surface area (Å²) in [5.74, 6) is 1.51. The van der Waals surface area contributed by atoms with Crippen molar-refractivity contribution in [2.24, 2.45) is 0 Å². The molecule has 19 heavy (non-hydrogen) atoms. The summed E-state index contributed by atoms with van der Waals surface area (Å²) >= 11 is 0. The van der Waals surface area contributed by atoms with Crippen molar-refractivity contribution < 1.29 is 19.7 Å². The van der Waals surface area contributed by atoms with Crippen molar-refractivity contribution in [1.82, 2.24) is 0 Å². The van der Waals surface area contributed by atoms with E-state index in [-0.39, 0.29) is 17.6 Å². The smallest absolute Gasteiger partial charge is 0.130 e. The monoisotopic (exact) mass is 260 g/mol. The Morgan fingerprint density at radius 3 is 2.16 bits per heavy atom. The van der Waals surface area contributed by atoms with Crippen LogP contribution in [0.1, 0.15) is 6.92 Å². The summed E-state index contributed by atoms with van der Waals surface area (Å²) in [6.07, 6.45) is -0.177. The van der Waals surface area contributed by atoms with Crippen LogP contribution in [-0.4, -0.2) is 22.9 Å². The quantitative estimate of drug-likeness (QED) is 0.867. The van der Waals surface area contributed by atoms with E-state index in [1.807, 2.05) is 6.92 Å². The van der Waals surface area contributed by atoms with E-state index in [0.717, 1.165) is 0 Å². The highest BCUT2D eigenvalue weighted by Gasteiger charge is 2.06. The Kier molecular flexibility index (Phi) is 4.13. The van der Waals surface area contributed by atoms with Crippen molar-refractivity contribution in [3.8, 4) is 23.0 Å². The van der Waals surface area contributed by atoms with E-state index in [0.29, 0.717) is 18.1 Å². The van der Waals surface area contributed by atoms with Crippen LogP contribution in [0.25, 0.3) is 0 Å². The molecular formula is C15H16O4. The van der Waals surface area contributed by atoms with Crippen LogP contribution in [0.5, 0.6) is 23.0 Å². The first-order valence-electron chi connectivity index (χ1n) is 6.01. The molecular weight excluding hydrogens is 244 g/mol. The molecule has 0 spiro atoms. The molecule has 4 heteroatoms. The topological polar surface area (TPSA) is 58.9 Å². The predicted molar refractivity (Wildman–Crippen MR) is 71.8 cm³/mol. The molecule has 0 amide bonds. The third-order valence-electron chi connectivity index (χ3n) is 2.46. The first kappa shape index (κ1) is 13.1. The summed E-state index contributed by atoms with van der Waals surface area (Å²) in [6, 6.07) is 13.2. The number of rotatable bonds is 5. The Labute approximate surface area is 111 Å². The molecule has 2 aromatic carbocycles. The van der Waals surface area contributed by atoms with Gasteiger partial charge in [-0.25, -0.2) is 0 Å². The molecule has 2 N–H and O–H groups in total. The van der Waals surface area contributed by atoms with Gasteiger partial charge in [0.1, 0.15) is 35.7 Å². The zero-order valence-corrected chi connectivity index (χ0v) is 10.6. The first-order chi connectivity index (χ1) is 9.13. The van der Waals surface area contributed by atoms with E-state index in [4.69, 9.17) is 9.47 Å². The summed E-state index contributed by atoms with van der Waals surface area (Å²) in [4.78, 5) is 0. The van der Waals surface area contributed by atoms with Crippen LogP contribution in [0, 0.1) is 0 Å². The fourth-order valence-corrected chi connectivity index (χ4v) is 1.61. The zero-order valence-electron chi connectivity index (χ0n) is 10.6. The Morgan fingerprint density at radius 1 is 0.947 bits per heavy atom. The molecule has 0 heterocycles. The van der Waals surface area contributed by atoms with Crippen molar-refractivity contribution in [1.29, 1.82) is 0 Å². The molecule has 0 aliphatic heterocycles. The molecule has 0 bridgehead atoms. The molecule has 0 aliphatic carbocycles. The summed E-state index contributed by atoms with van der Waals surface area (Å²) < 4.78 is 11.1. The standard InChI is InChI=1S/C15H16O4/c1-11(19-15-7-3-5-13(17)9-15)10-18-14-6-2-4-12(16)8-14/h2-9,11,16-17H,10H2,1H3. The van der Waals surface area contributed by atoms with Crippen LogP contribution in [0.15, 0.2) is 48.5 Å². The Balaban J connectivity index is 1.86. The second-order valence-corrected chi connectivity index (χ2v) is 4.23. The van der Waals surface area contributed by atoms with E-state index < -0.39 is 0 Å². The lowest BCUT2D eigenvalue weighted by molar-refractivity contribution is 0.142. The number of phenols is 2. The van der Waals surface area contributed by atoms with Gasteiger partial charge in [-0.15, -0.1) is 0 Å². The van der Waals surface area contributed by atoms with Crippen molar-refractivity contribution in [2.45, 2.75) is 13.0 Å². The molecule has 4 nitrogen and oxygen atoms in total. The number of phenolic OH excluding ortho intramolecular Hbond substituents is 2. The van der Waals surface area contributed by atoms with Gasteiger partial charge in [-0.2, -0.15) is 0 Å². The van der Waals surface area contributed by atoms with Gasteiger partial charge in [0, 0.05) is 12.1 Å². The third-order valence-corrected chi connectivity index (χ3v) is 2.46. The Morgan fingerprint density at radius 2 is 1.53 bits per heavy atom. The van der Waals surface area contributed by atoms with Crippen LogP contribution in [0.3, 0.4) is 0 Å². The van der Waals surface area contributed by atoms with Gasteiger partial charge in [0.05, 0.1) is 0 Å². The average Bonchev–Trinajstić information content (AvgIpc) is 2.36. The molecule has 0 fully saturated rings. The molecule has 0 saturated heterocycles. The molecule has 0 aromatic heterocycles. The van der Waals surface area contributed by atoms with E-state index in [1.54, 1.807) is 48.5 Å². The van der Waals surface area contributed by atoms with Gasteiger partial charge in [0.15, 0.2) is 0 Å². The highest BCUT2D eigenvalue weighted by molar-refractivity contribution is 5.32. The number of hydrogen-bond acceptors (Lipinski definition) is 4. The number of ether oxygens (including phenoxy) is 2. The summed E-state index contributed by atoms with van der Waals surface area (Å²) in [5, 5.41) is 18.6. The van der Waals surface area contributed by atoms with Gasteiger partial charge >= 0.3 is 0 Å². The minimum atomic E-state index is -0.177. The van der Waals surface area contributed by atoms with Crippen LogP contribution < -0.4 is 9.47 Å². The molecule has 0 radical (unpaired) electrons. The molecule has 2 aromatic rings. The minimum absolute atomic E-state index is 0.165. The summed E-state index contributed by atoms with van der Waals surface area (Å²) in [6.45, 7) is 2.21. The van der Waals surface area contributed by atoms with E-state index in [2.05, 4.69) is 0 Å². The van der Waals surface area contributed by atoms with Gasteiger partial charge in [0.25, 0.3) is 0 Å². The largest absolute Gasteiger partial charge is 0.508 e. The van der Waals surface area contributed by atoms with Crippen molar-refractivity contribution in [3.05, 3.63) is 48.5 Å². The SMILES string of the molecule is CC(COc1cccc(O)c1)Oc1cccc(O)c1. The van der Waals surface area contributed by atoms with Gasteiger partial charge in [-0.1, -0.05) is 12.1 Å². The van der Waals surface area contributed by atoms with Gasteiger partial charge < -0.3 is 19.7 Å². The second kappa shape index (κ2) is 6.00. The molecule has 1 unspecified atom stereocenters. The van der Waals surface area contributed by atoms with Crippen LogP contribution in [0.2, 0.25) is 0 Å². The summed E-state index contributed by atoms with van der Waals surface area (Å²) in [7, 11) is 0. The molecule has 0 saturated carbocycles. The normalized spacial score (nSPS) is 11.8. The van der Waals surface area contributed by atoms with Crippen LogP contribution >= 0.6 is 0 Å². The third kappa shape index (κ3) is 4.10. The average molecular weight is 260 g/mol. The first-order valence-corrected chi connectivity index (χ1v) is 6.01. The van der Waals surface area contributed by atoms with Crippen molar-refractivity contribution in [2.75, 3.05) is 6.61 Å². The fourth-order valence-electron chi connectivity index (χ4n) is 1.61. The Bertz CT molecular complexity index is 539. The predicted octanol–water partition coefficient (Wildman–Crippen LogP) is 2.94. The highest BCUT2D eigenvalue weighted by atomic mass is 16.5. The minimum Gasteiger partial charge on any atom is -0.508 e. The number of benzene rings is 2. The fraction of sp³-hybridized carbons (Fsp3) is 0.200. The lowest BCUT2D eigenvalue weighted by Gasteiger charge is -2.15. The van der Waals surface area contributed by atoms with E-state index in [9.17, 15) is 10.2 Å². The van der Waals surface area contributed by atoms with Crippen LogP contribution in [0.4, 0.5) is 0 Å². The van der Waals surface area contributed by atoms with E-state index in [1.165, 1.54) is 0 Å².